The zero-order valence-electron chi connectivity index (χ0n) is 15.5. The van der Waals surface area contributed by atoms with E-state index in [0.29, 0.717) is 22.9 Å². The molecule has 2 N–H and O–H groups in total. The third-order valence-corrected chi connectivity index (χ3v) is 5.32. The Morgan fingerprint density at radius 1 is 0.926 bits per heavy atom. The highest BCUT2D eigenvalue weighted by Gasteiger charge is 2.23. The summed E-state index contributed by atoms with van der Waals surface area (Å²) in [6.45, 7) is 1.45. The molecule has 0 spiro atoms. The standard InChI is InChI=1S/C18H22N2O6S/c1-12(20-27(22,23)15-8-5-13(24-2)6-9-15)18(21)19-16-10-7-14(25-3)11-17(16)26-4/h5-12,20H,1-4H3,(H,19,21)/t12-/m1/s1. The Balaban J connectivity index is 2.10. The minimum absolute atomic E-state index is 0.0324. The molecule has 1 amide bonds. The number of anilines is 1. The monoisotopic (exact) mass is 394 g/mol. The molecule has 0 heterocycles. The van der Waals surface area contributed by atoms with Crippen molar-refractivity contribution in [1.29, 1.82) is 0 Å². The summed E-state index contributed by atoms with van der Waals surface area (Å²) in [7, 11) is 0.597. The highest BCUT2D eigenvalue weighted by Crippen LogP contribution is 2.29. The maximum atomic E-state index is 12.4. The lowest BCUT2D eigenvalue weighted by Crippen LogP contribution is -2.41. The first-order chi connectivity index (χ1) is 12.8. The number of amides is 1. The Labute approximate surface area is 158 Å². The third-order valence-electron chi connectivity index (χ3n) is 3.76. The lowest BCUT2D eigenvalue weighted by atomic mass is 10.2. The average Bonchev–Trinajstić information content (AvgIpc) is 2.67. The predicted octanol–water partition coefficient (Wildman–Crippen LogP) is 2.02. The van der Waals surface area contributed by atoms with Crippen molar-refractivity contribution in [3.63, 3.8) is 0 Å². The first-order valence-electron chi connectivity index (χ1n) is 8.00. The van der Waals surface area contributed by atoms with Crippen LogP contribution in [0.5, 0.6) is 17.2 Å². The number of benzene rings is 2. The van der Waals surface area contributed by atoms with Crippen molar-refractivity contribution in [2.75, 3.05) is 26.6 Å². The molecule has 0 bridgehead atoms. The second-order valence-corrected chi connectivity index (χ2v) is 7.29. The van der Waals surface area contributed by atoms with Crippen LogP contribution in [0.15, 0.2) is 47.4 Å². The van der Waals surface area contributed by atoms with Gasteiger partial charge in [0.1, 0.15) is 17.2 Å². The van der Waals surface area contributed by atoms with Gasteiger partial charge in [0, 0.05) is 6.07 Å². The highest BCUT2D eigenvalue weighted by molar-refractivity contribution is 7.89. The molecule has 2 rings (SSSR count). The molecule has 0 saturated heterocycles. The fourth-order valence-corrected chi connectivity index (χ4v) is 3.45. The SMILES string of the molecule is COc1ccc(S(=O)(=O)N[C@H](C)C(=O)Nc2ccc(OC)cc2OC)cc1. The molecule has 0 saturated carbocycles. The predicted molar refractivity (Wildman–Crippen MR) is 101 cm³/mol. The first kappa shape index (κ1) is 20.5. The number of hydrogen-bond acceptors (Lipinski definition) is 6. The quantitative estimate of drug-likeness (QED) is 0.710. The number of sulfonamides is 1. The molecule has 2 aromatic carbocycles. The Morgan fingerprint density at radius 2 is 1.52 bits per heavy atom. The largest absolute Gasteiger partial charge is 0.497 e. The summed E-state index contributed by atoms with van der Waals surface area (Å²) in [6, 6.07) is 9.73. The van der Waals surface area contributed by atoms with E-state index >= 15 is 0 Å². The van der Waals surface area contributed by atoms with Gasteiger partial charge in [0.2, 0.25) is 15.9 Å². The molecule has 0 aliphatic rings. The van der Waals surface area contributed by atoms with Gasteiger partial charge in [-0.2, -0.15) is 4.72 Å². The van der Waals surface area contributed by atoms with Crippen LogP contribution in [-0.4, -0.2) is 41.7 Å². The van der Waals surface area contributed by atoms with Gasteiger partial charge in [-0.1, -0.05) is 0 Å². The van der Waals surface area contributed by atoms with E-state index in [9.17, 15) is 13.2 Å². The topological polar surface area (TPSA) is 103 Å². The number of carbonyl (C=O) groups is 1. The molecule has 0 aliphatic carbocycles. The van der Waals surface area contributed by atoms with Crippen LogP contribution in [0.4, 0.5) is 5.69 Å². The number of hydrogen-bond donors (Lipinski definition) is 2. The van der Waals surface area contributed by atoms with Gasteiger partial charge in [-0.3, -0.25) is 4.79 Å². The first-order valence-corrected chi connectivity index (χ1v) is 9.48. The van der Waals surface area contributed by atoms with E-state index in [1.54, 1.807) is 18.2 Å². The highest BCUT2D eigenvalue weighted by atomic mass is 32.2. The summed E-state index contributed by atoms with van der Waals surface area (Å²) in [5, 5.41) is 2.64. The van der Waals surface area contributed by atoms with Crippen molar-refractivity contribution >= 4 is 21.6 Å². The maximum Gasteiger partial charge on any atom is 0.242 e. The number of nitrogens with one attached hydrogen (secondary N) is 2. The number of ether oxygens (including phenoxy) is 3. The molecule has 0 aromatic heterocycles. The van der Waals surface area contributed by atoms with Crippen LogP contribution in [0.3, 0.4) is 0 Å². The molecular weight excluding hydrogens is 372 g/mol. The molecule has 0 aliphatic heterocycles. The van der Waals surface area contributed by atoms with Crippen molar-refractivity contribution in [2.45, 2.75) is 17.9 Å². The van der Waals surface area contributed by atoms with E-state index < -0.39 is 22.0 Å². The minimum Gasteiger partial charge on any atom is -0.497 e. The Kier molecular flexibility index (Phi) is 6.65. The van der Waals surface area contributed by atoms with Crippen LogP contribution in [-0.2, 0) is 14.8 Å². The second-order valence-electron chi connectivity index (χ2n) is 5.57. The molecule has 8 nitrogen and oxygen atoms in total. The van der Waals surface area contributed by atoms with Gasteiger partial charge in [-0.25, -0.2) is 8.42 Å². The second kappa shape index (κ2) is 8.74. The molecule has 0 fully saturated rings. The van der Waals surface area contributed by atoms with Crippen molar-refractivity contribution < 1.29 is 27.4 Å². The lowest BCUT2D eigenvalue weighted by Gasteiger charge is -2.16. The van der Waals surface area contributed by atoms with Crippen molar-refractivity contribution in [1.82, 2.24) is 4.72 Å². The van der Waals surface area contributed by atoms with E-state index in [-0.39, 0.29) is 4.90 Å². The summed E-state index contributed by atoms with van der Waals surface area (Å²) in [6.07, 6.45) is 0. The molecule has 0 radical (unpaired) electrons. The van der Waals surface area contributed by atoms with E-state index in [1.807, 2.05) is 0 Å². The van der Waals surface area contributed by atoms with E-state index in [1.165, 1.54) is 52.5 Å². The fraction of sp³-hybridized carbons (Fsp3) is 0.278. The summed E-state index contributed by atoms with van der Waals surface area (Å²) in [4.78, 5) is 12.4. The van der Waals surface area contributed by atoms with Crippen LogP contribution in [0.25, 0.3) is 0 Å². The zero-order chi connectivity index (χ0) is 20.0. The van der Waals surface area contributed by atoms with Gasteiger partial charge in [-0.15, -0.1) is 0 Å². The van der Waals surface area contributed by atoms with Crippen molar-refractivity contribution in [2.24, 2.45) is 0 Å². The number of rotatable bonds is 8. The lowest BCUT2D eigenvalue weighted by molar-refractivity contribution is -0.117. The van der Waals surface area contributed by atoms with Crippen LogP contribution >= 0.6 is 0 Å². The minimum atomic E-state index is -3.87. The van der Waals surface area contributed by atoms with Crippen LogP contribution in [0.1, 0.15) is 6.92 Å². The maximum absolute atomic E-state index is 12.4. The molecule has 27 heavy (non-hydrogen) atoms. The van der Waals surface area contributed by atoms with Gasteiger partial charge in [-0.05, 0) is 43.3 Å². The van der Waals surface area contributed by atoms with Crippen molar-refractivity contribution in [3.8, 4) is 17.2 Å². The average molecular weight is 394 g/mol. The van der Waals surface area contributed by atoms with Gasteiger partial charge in [0.25, 0.3) is 0 Å². The van der Waals surface area contributed by atoms with Crippen LogP contribution in [0.2, 0.25) is 0 Å². The van der Waals surface area contributed by atoms with Gasteiger partial charge in [0.05, 0.1) is 38.0 Å². The molecular formula is C18H22N2O6S. The van der Waals surface area contributed by atoms with Gasteiger partial charge < -0.3 is 19.5 Å². The van der Waals surface area contributed by atoms with E-state index in [2.05, 4.69) is 10.0 Å². The Morgan fingerprint density at radius 3 is 2.07 bits per heavy atom. The van der Waals surface area contributed by atoms with E-state index in [4.69, 9.17) is 14.2 Å². The van der Waals surface area contributed by atoms with Gasteiger partial charge >= 0.3 is 0 Å². The molecule has 9 heteroatoms. The Hall–Kier alpha value is -2.78. The molecule has 146 valence electrons. The molecule has 2 aromatic rings. The zero-order valence-corrected chi connectivity index (χ0v) is 16.3. The van der Waals surface area contributed by atoms with Crippen molar-refractivity contribution in [3.05, 3.63) is 42.5 Å². The van der Waals surface area contributed by atoms with Crippen LogP contribution < -0.4 is 24.2 Å². The van der Waals surface area contributed by atoms with Crippen LogP contribution in [0, 0.1) is 0 Å². The van der Waals surface area contributed by atoms with E-state index in [0.717, 1.165) is 0 Å². The fourth-order valence-electron chi connectivity index (χ4n) is 2.25. The summed E-state index contributed by atoms with van der Waals surface area (Å²) >= 11 is 0. The normalized spacial score (nSPS) is 12.1. The Bertz CT molecular complexity index is 897. The molecule has 1 atom stereocenters. The summed E-state index contributed by atoms with van der Waals surface area (Å²) in [5.41, 5.74) is 0.402. The summed E-state index contributed by atoms with van der Waals surface area (Å²) in [5.74, 6) is 0.966. The molecule has 0 unspecified atom stereocenters. The summed E-state index contributed by atoms with van der Waals surface area (Å²) < 4.78 is 42.5. The number of carbonyl (C=O) groups excluding carboxylic acids is 1. The smallest absolute Gasteiger partial charge is 0.242 e. The number of methoxy groups -OCH3 is 3. The third kappa shape index (κ3) is 5.11. The van der Waals surface area contributed by atoms with Gasteiger partial charge in [0.15, 0.2) is 0 Å².